The number of hydrogen-bond donors (Lipinski definition) is 0. The Hall–Kier alpha value is -0.0600. The van der Waals surface area contributed by atoms with E-state index in [-0.39, 0.29) is 10.9 Å². The molecule has 1 aliphatic rings. The molecule has 18 heavy (non-hydrogen) atoms. The summed E-state index contributed by atoms with van der Waals surface area (Å²) in [5.74, 6) is 1.49. The molecule has 1 fully saturated rings. The van der Waals surface area contributed by atoms with Crippen molar-refractivity contribution in [1.29, 1.82) is 0 Å². The zero-order chi connectivity index (χ0) is 13.1. The van der Waals surface area contributed by atoms with Crippen molar-refractivity contribution in [1.82, 2.24) is 0 Å². The molecule has 1 heterocycles. The molecule has 0 N–H and O–H groups in total. The van der Waals surface area contributed by atoms with Gasteiger partial charge in [0.2, 0.25) is 0 Å². The van der Waals surface area contributed by atoms with Crippen LogP contribution >= 0.6 is 31.9 Å². The molecule has 0 bridgehead atoms. The molecule has 1 aromatic rings. The molecule has 3 atom stereocenters. The van der Waals surface area contributed by atoms with Gasteiger partial charge in [0.15, 0.2) is 0 Å². The van der Waals surface area contributed by atoms with Gasteiger partial charge in [-0.3, -0.25) is 0 Å². The van der Waals surface area contributed by atoms with Crippen LogP contribution in [0, 0.1) is 5.92 Å². The molecule has 3 unspecified atom stereocenters. The van der Waals surface area contributed by atoms with Crippen LogP contribution in [0.15, 0.2) is 22.7 Å². The Morgan fingerprint density at radius 2 is 2.28 bits per heavy atom. The van der Waals surface area contributed by atoms with Gasteiger partial charge in [-0.15, -0.1) is 0 Å². The molecule has 2 rings (SSSR count). The third-order valence-electron chi connectivity index (χ3n) is 3.31. The van der Waals surface area contributed by atoms with Crippen LogP contribution in [-0.4, -0.2) is 19.3 Å². The predicted molar refractivity (Wildman–Crippen MR) is 80.5 cm³/mol. The monoisotopic (exact) mass is 376 g/mol. The van der Waals surface area contributed by atoms with Crippen LogP contribution in [0.25, 0.3) is 0 Å². The summed E-state index contributed by atoms with van der Waals surface area (Å²) in [6, 6.07) is 6.13. The smallest absolute Gasteiger partial charge is 0.120 e. The highest BCUT2D eigenvalue weighted by molar-refractivity contribution is 9.11. The number of rotatable bonds is 4. The van der Waals surface area contributed by atoms with Crippen LogP contribution in [-0.2, 0) is 4.74 Å². The minimum atomic E-state index is 0.222. The highest BCUT2D eigenvalue weighted by Gasteiger charge is 2.32. The predicted octanol–water partition coefficient (Wildman–Crippen LogP) is 4.71. The first-order chi connectivity index (χ1) is 8.63. The van der Waals surface area contributed by atoms with Gasteiger partial charge < -0.3 is 9.47 Å². The van der Waals surface area contributed by atoms with Gasteiger partial charge in [-0.1, -0.05) is 44.8 Å². The zero-order valence-electron chi connectivity index (χ0n) is 10.7. The molecule has 0 radical (unpaired) electrons. The summed E-state index contributed by atoms with van der Waals surface area (Å²) in [4.78, 5) is 0.222. The fourth-order valence-corrected chi connectivity index (χ4v) is 4.24. The number of hydrogen-bond acceptors (Lipinski definition) is 2. The van der Waals surface area contributed by atoms with Crippen molar-refractivity contribution >= 4 is 31.9 Å². The van der Waals surface area contributed by atoms with E-state index in [0.717, 1.165) is 23.2 Å². The lowest BCUT2D eigenvalue weighted by atomic mass is 9.97. The van der Waals surface area contributed by atoms with Crippen molar-refractivity contribution in [2.24, 2.45) is 5.92 Å². The van der Waals surface area contributed by atoms with Gasteiger partial charge in [0.25, 0.3) is 0 Å². The molecule has 2 nitrogen and oxygen atoms in total. The van der Waals surface area contributed by atoms with Crippen molar-refractivity contribution in [2.75, 3.05) is 13.2 Å². The molecule has 1 saturated heterocycles. The quantitative estimate of drug-likeness (QED) is 0.707. The van der Waals surface area contributed by atoms with E-state index in [2.05, 4.69) is 44.8 Å². The van der Waals surface area contributed by atoms with Crippen LogP contribution in [0.4, 0.5) is 0 Å². The lowest BCUT2D eigenvalue weighted by molar-refractivity contribution is 0.0933. The topological polar surface area (TPSA) is 18.5 Å². The SMILES string of the molecule is CCOc1ccc(C(Br)C2OCCC2C)c(Br)c1. The summed E-state index contributed by atoms with van der Waals surface area (Å²) in [5.41, 5.74) is 1.22. The van der Waals surface area contributed by atoms with Gasteiger partial charge in [-0.05, 0) is 37.0 Å². The van der Waals surface area contributed by atoms with Gasteiger partial charge in [-0.25, -0.2) is 0 Å². The second-order valence-electron chi connectivity index (χ2n) is 4.62. The van der Waals surface area contributed by atoms with Crippen LogP contribution in [0.1, 0.15) is 30.7 Å². The first-order valence-electron chi connectivity index (χ1n) is 6.31. The molecular formula is C14H18Br2O2. The maximum Gasteiger partial charge on any atom is 0.120 e. The molecule has 0 spiro atoms. The summed E-state index contributed by atoms with van der Waals surface area (Å²) >= 11 is 7.39. The normalized spacial score (nSPS) is 25.1. The van der Waals surface area contributed by atoms with Gasteiger partial charge in [0.1, 0.15) is 5.75 Å². The second kappa shape index (κ2) is 6.40. The van der Waals surface area contributed by atoms with E-state index >= 15 is 0 Å². The summed E-state index contributed by atoms with van der Waals surface area (Å²) < 4.78 is 12.4. The van der Waals surface area contributed by atoms with Gasteiger partial charge in [0.05, 0.1) is 17.5 Å². The van der Waals surface area contributed by atoms with E-state index in [1.54, 1.807) is 0 Å². The Labute approximate surface area is 125 Å². The summed E-state index contributed by atoms with van der Waals surface area (Å²) in [6.45, 7) is 5.78. The molecule has 1 aromatic carbocycles. The lowest BCUT2D eigenvalue weighted by Crippen LogP contribution is -2.19. The molecule has 0 aromatic heterocycles. The molecule has 0 saturated carbocycles. The zero-order valence-corrected chi connectivity index (χ0v) is 13.8. The molecule has 4 heteroatoms. The Bertz CT molecular complexity index is 409. The highest BCUT2D eigenvalue weighted by atomic mass is 79.9. The minimum Gasteiger partial charge on any atom is -0.494 e. The van der Waals surface area contributed by atoms with Crippen molar-refractivity contribution in [3.63, 3.8) is 0 Å². The van der Waals surface area contributed by atoms with E-state index < -0.39 is 0 Å². The summed E-state index contributed by atoms with van der Waals surface area (Å²) in [7, 11) is 0. The van der Waals surface area contributed by atoms with E-state index in [9.17, 15) is 0 Å². The Morgan fingerprint density at radius 3 is 2.83 bits per heavy atom. The Morgan fingerprint density at radius 1 is 1.50 bits per heavy atom. The molecule has 0 aliphatic carbocycles. The van der Waals surface area contributed by atoms with Crippen molar-refractivity contribution in [3.8, 4) is 5.75 Å². The fraction of sp³-hybridized carbons (Fsp3) is 0.571. The first kappa shape index (κ1) is 14.4. The van der Waals surface area contributed by atoms with Crippen molar-refractivity contribution in [2.45, 2.75) is 31.2 Å². The number of alkyl halides is 1. The van der Waals surface area contributed by atoms with E-state index in [4.69, 9.17) is 9.47 Å². The summed E-state index contributed by atoms with van der Waals surface area (Å²) in [6.07, 6.45) is 1.39. The maximum atomic E-state index is 5.82. The largest absolute Gasteiger partial charge is 0.494 e. The number of benzene rings is 1. The van der Waals surface area contributed by atoms with Crippen molar-refractivity contribution in [3.05, 3.63) is 28.2 Å². The Kier molecular flexibility index (Phi) is 5.10. The standard InChI is InChI=1S/C14H18Br2O2/c1-3-17-10-4-5-11(12(15)8-10)13(16)14-9(2)6-7-18-14/h4-5,8-9,13-14H,3,6-7H2,1-2H3. The highest BCUT2D eigenvalue weighted by Crippen LogP contribution is 2.40. The van der Waals surface area contributed by atoms with Gasteiger partial charge in [-0.2, -0.15) is 0 Å². The average molecular weight is 378 g/mol. The van der Waals surface area contributed by atoms with Crippen LogP contribution in [0.3, 0.4) is 0 Å². The van der Waals surface area contributed by atoms with E-state index in [1.807, 2.05) is 19.1 Å². The number of ether oxygens (including phenoxy) is 2. The molecule has 1 aliphatic heterocycles. The lowest BCUT2D eigenvalue weighted by Gasteiger charge is -2.22. The average Bonchev–Trinajstić information content (AvgIpc) is 2.75. The minimum absolute atomic E-state index is 0.222. The van der Waals surface area contributed by atoms with E-state index in [0.29, 0.717) is 12.5 Å². The van der Waals surface area contributed by atoms with Gasteiger partial charge in [0, 0.05) is 11.1 Å². The van der Waals surface area contributed by atoms with E-state index in [1.165, 1.54) is 5.56 Å². The second-order valence-corrected chi connectivity index (χ2v) is 6.46. The third-order valence-corrected chi connectivity index (χ3v) is 5.01. The van der Waals surface area contributed by atoms with Crippen LogP contribution < -0.4 is 4.74 Å². The van der Waals surface area contributed by atoms with Gasteiger partial charge >= 0.3 is 0 Å². The van der Waals surface area contributed by atoms with Crippen LogP contribution in [0.2, 0.25) is 0 Å². The molecular weight excluding hydrogens is 360 g/mol. The van der Waals surface area contributed by atoms with Crippen molar-refractivity contribution < 1.29 is 9.47 Å². The summed E-state index contributed by atoms with van der Waals surface area (Å²) in [5, 5.41) is 0. The third kappa shape index (κ3) is 3.09. The number of halogens is 2. The van der Waals surface area contributed by atoms with Crippen LogP contribution in [0.5, 0.6) is 5.75 Å². The fourth-order valence-electron chi connectivity index (χ4n) is 2.26. The maximum absolute atomic E-state index is 5.82. The molecule has 100 valence electrons. The molecule has 0 amide bonds. The Balaban J connectivity index is 2.17. The first-order valence-corrected chi connectivity index (χ1v) is 8.02.